The van der Waals surface area contributed by atoms with Gasteiger partial charge in [-0.2, -0.15) is 31.4 Å². The van der Waals surface area contributed by atoms with Gasteiger partial charge in [0.2, 0.25) is 0 Å². The SMILES string of the molecule is O[C@H](c1cn[nH]c1C(F)(F)F)C(F)(F)F. The van der Waals surface area contributed by atoms with Gasteiger partial charge in [0.05, 0.1) is 6.20 Å². The molecule has 1 heterocycles. The Hall–Kier alpha value is -1.25. The minimum atomic E-state index is -5.16. The van der Waals surface area contributed by atoms with E-state index in [2.05, 4.69) is 5.10 Å². The summed E-state index contributed by atoms with van der Waals surface area (Å²) in [5, 5.41) is 12.8. The predicted octanol–water partition coefficient (Wildman–Crippen LogP) is 2.02. The van der Waals surface area contributed by atoms with Gasteiger partial charge in [-0.05, 0) is 0 Å². The standard InChI is InChI=1S/C6H4F6N2O/c7-5(8,9)3-2(1-13-14-3)4(15)6(10,11)12/h1,4,15H,(H,13,14)/t4-/m1/s1. The van der Waals surface area contributed by atoms with Crippen molar-refractivity contribution >= 4 is 0 Å². The van der Waals surface area contributed by atoms with E-state index in [1.165, 1.54) is 5.10 Å². The number of halogens is 6. The molecule has 0 aliphatic carbocycles. The van der Waals surface area contributed by atoms with Crippen LogP contribution in [-0.2, 0) is 6.18 Å². The van der Waals surface area contributed by atoms with Crippen LogP contribution in [0.2, 0.25) is 0 Å². The zero-order chi connectivity index (χ0) is 11.9. The van der Waals surface area contributed by atoms with Gasteiger partial charge in [0.25, 0.3) is 0 Å². The van der Waals surface area contributed by atoms with E-state index in [0.29, 0.717) is 6.20 Å². The summed E-state index contributed by atoms with van der Waals surface area (Å²) in [6.07, 6.45) is -13.1. The topological polar surface area (TPSA) is 48.9 Å². The van der Waals surface area contributed by atoms with E-state index in [4.69, 9.17) is 5.11 Å². The number of aliphatic hydroxyl groups is 1. The second-order valence-electron chi connectivity index (χ2n) is 2.64. The lowest BCUT2D eigenvalue weighted by Gasteiger charge is -2.15. The van der Waals surface area contributed by atoms with Crippen LogP contribution < -0.4 is 0 Å². The van der Waals surface area contributed by atoms with Crippen molar-refractivity contribution in [2.75, 3.05) is 0 Å². The van der Waals surface area contributed by atoms with E-state index < -0.39 is 29.7 Å². The third kappa shape index (κ3) is 2.41. The first kappa shape index (κ1) is 11.8. The Labute approximate surface area is 78.7 Å². The fraction of sp³-hybridized carbons (Fsp3) is 0.500. The van der Waals surface area contributed by atoms with Crippen LogP contribution in [0.1, 0.15) is 17.4 Å². The van der Waals surface area contributed by atoms with Crippen molar-refractivity contribution in [3.05, 3.63) is 17.5 Å². The zero-order valence-corrected chi connectivity index (χ0v) is 6.82. The van der Waals surface area contributed by atoms with E-state index in [9.17, 15) is 26.3 Å². The molecule has 0 aliphatic rings. The van der Waals surface area contributed by atoms with Gasteiger partial charge < -0.3 is 5.11 Å². The van der Waals surface area contributed by atoms with Gasteiger partial charge in [-0.3, -0.25) is 5.10 Å². The molecule has 0 bridgehead atoms. The fourth-order valence-electron chi connectivity index (χ4n) is 0.906. The minimum Gasteiger partial charge on any atom is -0.379 e. The highest BCUT2D eigenvalue weighted by Crippen LogP contribution is 2.38. The van der Waals surface area contributed by atoms with Crippen molar-refractivity contribution in [1.29, 1.82) is 0 Å². The quantitative estimate of drug-likeness (QED) is 0.730. The van der Waals surface area contributed by atoms with Crippen molar-refractivity contribution in [3.63, 3.8) is 0 Å². The minimum absolute atomic E-state index is 0.293. The Balaban J connectivity index is 3.12. The van der Waals surface area contributed by atoms with Crippen LogP contribution >= 0.6 is 0 Å². The van der Waals surface area contributed by atoms with Crippen molar-refractivity contribution < 1.29 is 31.4 Å². The molecule has 0 amide bonds. The number of aliphatic hydroxyl groups excluding tert-OH is 1. The number of nitrogens with zero attached hydrogens (tertiary/aromatic N) is 1. The van der Waals surface area contributed by atoms with Gasteiger partial charge in [0.15, 0.2) is 6.10 Å². The van der Waals surface area contributed by atoms with Crippen LogP contribution in [-0.4, -0.2) is 21.5 Å². The molecule has 0 unspecified atom stereocenters. The van der Waals surface area contributed by atoms with Crippen LogP contribution in [0.3, 0.4) is 0 Å². The molecular formula is C6H4F6N2O. The lowest BCUT2D eigenvalue weighted by Crippen LogP contribution is -2.23. The summed E-state index contributed by atoms with van der Waals surface area (Å²) in [5.74, 6) is 0. The lowest BCUT2D eigenvalue weighted by molar-refractivity contribution is -0.209. The third-order valence-corrected chi connectivity index (χ3v) is 1.56. The average molecular weight is 234 g/mol. The summed E-state index contributed by atoms with van der Waals surface area (Å²) in [6.45, 7) is 0. The van der Waals surface area contributed by atoms with Gasteiger partial charge in [-0.15, -0.1) is 0 Å². The van der Waals surface area contributed by atoms with E-state index in [-0.39, 0.29) is 0 Å². The largest absolute Gasteiger partial charge is 0.433 e. The molecule has 3 nitrogen and oxygen atoms in total. The molecule has 0 aromatic carbocycles. The van der Waals surface area contributed by atoms with Gasteiger partial charge >= 0.3 is 12.4 Å². The summed E-state index contributed by atoms with van der Waals surface area (Å²) in [7, 11) is 0. The van der Waals surface area contributed by atoms with Crippen LogP contribution in [0, 0.1) is 0 Å². The van der Waals surface area contributed by atoms with Crippen LogP contribution in [0.25, 0.3) is 0 Å². The summed E-state index contributed by atoms with van der Waals surface area (Å²) >= 11 is 0. The molecule has 9 heteroatoms. The molecule has 0 radical (unpaired) electrons. The monoisotopic (exact) mass is 234 g/mol. The highest BCUT2D eigenvalue weighted by molar-refractivity contribution is 5.23. The Morgan fingerprint density at radius 3 is 2.13 bits per heavy atom. The molecule has 0 aliphatic heterocycles. The van der Waals surface area contributed by atoms with Gasteiger partial charge in [-0.25, -0.2) is 0 Å². The van der Waals surface area contributed by atoms with E-state index in [1.54, 1.807) is 0 Å². The van der Waals surface area contributed by atoms with Crippen LogP contribution in [0.5, 0.6) is 0 Å². The Morgan fingerprint density at radius 2 is 1.73 bits per heavy atom. The lowest BCUT2D eigenvalue weighted by atomic mass is 10.1. The molecule has 86 valence electrons. The first-order valence-electron chi connectivity index (χ1n) is 3.49. The molecule has 0 saturated carbocycles. The molecule has 1 rings (SSSR count). The maximum atomic E-state index is 12.1. The summed E-state index contributed by atoms with van der Waals surface area (Å²) in [5.41, 5.74) is -3.04. The second kappa shape index (κ2) is 3.40. The molecule has 0 spiro atoms. The Bertz CT molecular complexity index is 340. The summed E-state index contributed by atoms with van der Waals surface area (Å²) < 4.78 is 72.0. The van der Waals surface area contributed by atoms with Crippen molar-refractivity contribution in [1.82, 2.24) is 10.2 Å². The second-order valence-corrected chi connectivity index (χ2v) is 2.64. The molecular weight excluding hydrogens is 230 g/mol. The van der Waals surface area contributed by atoms with Gasteiger partial charge in [0.1, 0.15) is 5.69 Å². The Kier molecular flexibility index (Phi) is 2.68. The molecule has 1 aromatic heterocycles. The molecule has 0 saturated heterocycles. The van der Waals surface area contributed by atoms with Gasteiger partial charge in [0, 0.05) is 5.56 Å². The van der Waals surface area contributed by atoms with E-state index in [1.807, 2.05) is 0 Å². The molecule has 15 heavy (non-hydrogen) atoms. The predicted molar refractivity (Wildman–Crippen MR) is 34.6 cm³/mol. The number of hydrogen-bond donors (Lipinski definition) is 2. The maximum Gasteiger partial charge on any atom is 0.433 e. The Morgan fingerprint density at radius 1 is 1.20 bits per heavy atom. The number of rotatable bonds is 1. The van der Waals surface area contributed by atoms with Crippen molar-refractivity contribution in [2.24, 2.45) is 0 Å². The summed E-state index contributed by atoms with van der Waals surface area (Å²) in [4.78, 5) is 0. The normalized spacial score (nSPS) is 15.4. The van der Waals surface area contributed by atoms with Crippen LogP contribution in [0.4, 0.5) is 26.3 Å². The highest BCUT2D eigenvalue weighted by atomic mass is 19.4. The van der Waals surface area contributed by atoms with Crippen LogP contribution in [0.15, 0.2) is 6.20 Å². The number of aromatic amines is 1. The first-order valence-corrected chi connectivity index (χ1v) is 3.49. The number of nitrogens with one attached hydrogen (secondary N) is 1. The zero-order valence-electron chi connectivity index (χ0n) is 6.82. The number of alkyl halides is 6. The van der Waals surface area contributed by atoms with E-state index in [0.717, 1.165) is 0 Å². The number of H-pyrrole nitrogens is 1. The first-order chi connectivity index (χ1) is 6.64. The molecule has 1 aromatic rings. The average Bonchev–Trinajstić information content (AvgIpc) is 2.47. The van der Waals surface area contributed by atoms with Gasteiger partial charge in [-0.1, -0.05) is 0 Å². The number of aromatic nitrogens is 2. The smallest absolute Gasteiger partial charge is 0.379 e. The van der Waals surface area contributed by atoms with Crippen molar-refractivity contribution in [3.8, 4) is 0 Å². The number of hydrogen-bond acceptors (Lipinski definition) is 2. The molecule has 1 atom stereocenters. The fourth-order valence-corrected chi connectivity index (χ4v) is 0.906. The maximum absolute atomic E-state index is 12.1. The van der Waals surface area contributed by atoms with E-state index >= 15 is 0 Å². The highest BCUT2D eigenvalue weighted by Gasteiger charge is 2.46. The summed E-state index contributed by atoms with van der Waals surface area (Å²) in [6, 6.07) is 0. The van der Waals surface area contributed by atoms with Crippen molar-refractivity contribution in [2.45, 2.75) is 18.5 Å². The third-order valence-electron chi connectivity index (χ3n) is 1.56. The molecule has 2 N–H and O–H groups in total. The molecule has 0 fully saturated rings.